The highest BCUT2D eigenvalue weighted by Crippen LogP contribution is 2.77. The maximum absolute atomic E-state index is 18.6. The van der Waals surface area contributed by atoms with Gasteiger partial charge in [0.25, 0.3) is 0 Å². The highest BCUT2D eigenvalue weighted by atomic mass is 31.2. The van der Waals surface area contributed by atoms with Crippen LogP contribution in [0.15, 0.2) is 224 Å². The Bertz CT molecular complexity index is 4520. The number of hydrogen-bond donors (Lipinski definition) is 1. The van der Waals surface area contributed by atoms with E-state index in [1.807, 2.05) is 18.2 Å². The number of para-hydroxylation sites is 2. The lowest BCUT2D eigenvalue weighted by Crippen LogP contribution is -2.77. The summed E-state index contributed by atoms with van der Waals surface area (Å²) in [5.41, 5.74) is -9.17. The summed E-state index contributed by atoms with van der Waals surface area (Å²) in [6.07, 6.45) is -5.22. The van der Waals surface area contributed by atoms with E-state index >= 15 is 87.8 Å². The van der Waals surface area contributed by atoms with E-state index in [-0.39, 0.29) is 21.2 Å². The van der Waals surface area contributed by atoms with Crippen LogP contribution in [-0.4, -0.2) is 21.7 Å². The first kappa shape index (κ1) is 67.6. The lowest BCUT2D eigenvalue weighted by molar-refractivity contribution is -0.414. The zero-order valence-corrected chi connectivity index (χ0v) is 50.7. The standard InChI is InChI=1S/C62H33B2F20N3P2.C7H8/c65-43-39(44(66)52(74)59(81)51(43)73)63(40-45(67)53(75)60(82)54(76)46(40)68)85-31-38-88(34-23-11-3-12-24-34,35-25-13-4-14-26-35)86(32-19-7-1-8-20-32)64(41-47(69)55(77)61(83)56(78)48(41)70,42-49(71)57(79)62(84)58(80)50(42)72)87(33-21-9-2-10-22-33)89(38,36-27-15-5-16-28-36)37-29-17-6-18-30-37;1-7-5-3-2-4-6-7/h1-31,63,85H;2-6H,1H3. The Kier molecular flexibility index (Phi) is 18.8. The minimum Gasteiger partial charge on any atom is -0.558 e. The van der Waals surface area contributed by atoms with Crippen LogP contribution in [0.25, 0.3) is 0 Å². The van der Waals surface area contributed by atoms with Gasteiger partial charge in [0.15, 0.2) is 95.3 Å². The maximum atomic E-state index is 18.6. The molecule has 0 saturated carbocycles. The second kappa shape index (κ2) is 26.7. The Morgan fingerprint density at radius 3 is 0.719 bits per heavy atom. The van der Waals surface area contributed by atoms with Crippen molar-refractivity contribution in [1.82, 2.24) is 5.23 Å². The predicted molar refractivity (Wildman–Crippen MR) is 330 cm³/mol. The minimum absolute atomic E-state index is 0.343. The van der Waals surface area contributed by atoms with Gasteiger partial charge in [0.1, 0.15) is 58.4 Å². The fourth-order valence-electron chi connectivity index (χ4n) is 12.7. The molecule has 3 nitrogen and oxygen atoms in total. The number of nitrogens with zero attached hydrogens (tertiary/aromatic N) is 2. The van der Waals surface area contributed by atoms with E-state index in [9.17, 15) is 0 Å². The molecule has 1 aliphatic rings. The van der Waals surface area contributed by atoms with Crippen molar-refractivity contribution in [2.45, 2.75) is 6.92 Å². The van der Waals surface area contributed by atoms with Gasteiger partial charge in [-0.1, -0.05) is 145 Å². The topological polar surface area (TPSA) is 18.0 Å². The highest BCUT2D eigenvalue weighted by molar-refractivity contribution is 8.01. The van der Waals surface area contributed by atoms with Crippen molar-refractivity contribution in [1.29, 1.82) is 0 Å². The van der Waals surface area contributed by atoms with Crippen LogP contribution in [0.3, 0.4) is 0 Å². The third-order valence-corrected chi connectivity index (χ3v) is 26.5. The Morgan fingerprint density at radius 2 is 0.490 bits per heavy atom. The normalized spacial score (nSPS) is 14.0. The number of nitrogens with one attached hydrogen (secondary N) is 1. The van der Waals surface area contributed by atoms with Gasteiger partial charge in [-0.2, -0.15) is 0 Å². The van der Waals surface area contributed by atoms with Gasteiger partial charge in [0, 0.05) is 56.4 Å². The second-order valence-electron chi connectivity index (χ2n) is 21.7. The third-order valence-electron chi connectivity index (χ3n) is 16.6. The van der Waals surface area contributed by atoms with Crippen molar-refractivity contribution in [3.05, 3.63) is 345 Å². The SMILES string of the molecule is Cc1ccccc1.Fc1c(F)c(F)c([BH-](NC=C2P(c3ccccc3)(c3ccccc3)=[N+](c3ccccc3)[B-](c3c(F)c(F)c(F)c(F)c3F)(c3c(F)c(F)c(F)c(F)c3F)[N+](c3ccccc3)=P2(c2ccccc2)c2ccccc2)c2c(F)c(F)c(F)c(F)c2F)c(F)c1F. The average Bonchev–Trinajstić information content (AvgIpc) is 0.642. The first-order valence-electron chi connectivity index (χ1n) is 28.6. The van der Waals surface area contributed by atoms with Gasteiger partial charge in [0.2, 0.25) is 0 Å². The molecule has 0 spiro atoms. The molecule has 1 aliphatic heterocycles. The Balaban J connectivity index is 0.00000126. The molecule has 0 atom stereocenters. The number of halogens is 20. The Labute approximate surface area is 533 Å². The van der Waals surface area contributed by atoms with E-state index in [0.717, 1.165) is 48.5 Å². The predicted octanol–water partition coefficient (Wildman–Crippen LogP) is 15.4. The molecular formula is C69H41B2F20N3P2. The summed E-state index contributed by atoms with van der Waals surface area (Å²) in [7, 11) is -11.1. The van der Waals surface area contributed by atoms with Crippen LogP contribution in [0.1, 0.15) is 5.56 Å². The molecule has 12 rings (SSSR count). The summed E-state index contributed by atoms with van der Waals surface area (Å²) in [6.45, 7) is -2.86. The van der Waals surface area contributed by atoms with E-state index in [1.54, 1.807) is 0 Å². The van der Waals surface area contributed by atoms with Crippen LogP contribution in [0.5, 0.6) is 0 Å². The fraction of sp³-hybridized carbons (Fsp3) is 0.0145. The molecule has 96 heavy (non-hydrogen) atoms. The molecule has 488 valence electrons. The molecule has 0 saturated heterocycles. The van der Waals surface area contributed by atoms with Gasteiger partial charge in [-0.05, 0) is 61.7 Å². The van der Waals surface area contributed by atoms with Gasteiger partial charge in [-0.25, -0.2) is 87.8 Å². The highest BCUT2D eigenvalue weighted by Gasteiger charge is 2.73. The quantitative estimate of drug-likeness (QED) is 0.0424. The zero-order valence-electron chi connectivity index (χ0n) is 48.9. The van der Waals surface area contributed by atoms with Crippen LogP contribution in [0.4, 0.5) is 99.2 Å². The number of aryl methyl sites for hydroxylation is 1. The molecule has 11 aromatic carbocycles. The molecule has 0 amide bonds. The molecule has 0 aliphatic carbocycles. The van der Waals surface area contributed by atoms with E-state index in [0.29, 0.717) is 14.7 Å². The van der Waals surface area contributed by atoms with Crippen LogP contribution in [0, 0.1) is 123 Å². The van der Waals surface area contributed by atoms with E-state index in [2.05, 4.69) is 24.3 Å². The zero-order chi connectivity index (χ0) is 68.9. The first-order chi connectivity index (χ1) is 46.0. The fourth-order valence-corrected chi connectivity index (χ4v) is 25.1. The number of hydrogen-bond acceptors (Lipinski definition) is 1. The monoisotopic (exact) mass is 1380 g/mol. The minimum atomic E-state index is -5.79. The summed E-state index contributed by atoms with van der Waals surface area (Å²) in [5.74, 6) is -57.6. The smallest absolute Gasteiger partial charge is 0.558 e. The van der Waals surface area contributed by atoms with E-state index in [4.69, 9.17) is 0 Å². The van der Waals surface area contributed by atoms with Crippen molar-refractivity contribution in [2.24, 2.45) is 0 Å². The molecule has 1 N–H and O–H groups in total. The van der Waals surface area contributed by atoms with Crippen molar-refractivity contribution in [3.8, 4) is 0 Å². The molecule has 1 heterocycles. The summed E-state index contributed by atoms with van der Waals surface area (Å²) in [5, 5.41) is 0.301. The summed E-state index contributed by atoms with van der Waals surface area (Å²) >= 11 is 0. The van der Waals surface area contributed by atoms with Gasteiger partial charge in [-0.15, -0.1) is 10.9 Å². The summed E-state index contributed by atoms with van der Waals surface area (Å²) < 4.78 is 337. The molecule has 0 aromatic heterocycles. The molecular weight excluding hydrogens is 1330 g/mol. The molecule has 11 aromatic rings. The van der Waals surface area contributed by atoms with E-state index in [1.165, 1.54) is 139 Å². The average molecular weight is 1380 g/mol. The van der Waals surface area contributed by atoms with Crippen molar-refractivity contribution in [2.75, 3.05) is 0 Å². The molecule has 0 unspecified atom stereocenters. The van der Waals surface area contributed by atoms with Gasteiger partial charge < -0.3 is 13.7 Å². The summed E-state index contributed by atoms with van der Waals surface area (Å²) in [4.78, 5) is 0. The van der Waals surface area contributed by atoms with Gasteiger partial charge in [0.05, 0.1) is 0 Å². The van der Waals surface area contributed by atoms with Gasteiger partial charge in [-0.3, -0.25) is 0 Å². The Hall–Kier alpha value is -9.85. The van der Waals surface area contributed by atoms with Crippen LogP contribution >= 0.6 is 14.1 Å². The lowest BCUT2D eigenvalue weighted by Gasteiger charge is -2.51. The lowest BCUT2D eigenvalue weighted by atomic mass is 9.36. The molecule has 0 bridgehead atoms. The Morgan fingerprint density at radius 1 is 0.281 bits per heavy atom. The molecule has 0 radical (unpaired) electrons. The second-order valence-corrected chi connectivity index (χ2v) is 28.5. The summed E-state index contributed by atoms with van der Waals surface area (Å²) in [6, 6.07) is 46.4. The largest absolute Gasteiger partial charge is 0.607 e. The first-order valence-corrected chi connectivity index (χ1v) is 32.1. The van der Waals surface area contributed by atoms with Gasteiger partial charge >= 0.3 is 6.42 Å². The third kappa shape index (κ3) is 10.5. The van der Waals surface area contributed by atoms with Crippen molar-refractivity contribution < 1.29 is 96.3 Å². The molecule has 0 fully saturated rings. The number of benzene rings is 11. The van der Waals surface area contributed by atoms with Crippen molar-refractivity contribution in [3.63, 3.8) is 0 Å². The maximum Gasteiger partial charge on any atom is 0.607 e. The van der Waals surface area contributed by atoms with Crippen LogP contribution < -0.4 is 48.3 Å². The van der Waals surface area contributed by atoms with E-state index < -0.39 is 182 Å². The molecule has 27 heteroatoms. The van der Waals surface area contributed by atoms with Crippen LogP contribution in [0.2, 0.25) is 0 Å². The van der Waals surface area contributed by atoms with Crippen LogP contribution in [-0.2, 0) is 0 Å². The number of rotatable bonds is 12. The van der Waals surface area contributed by atoms with Crippen molar-refractivity contribution >= 4 is 81.8 Å².